The van der Waals surface area contributed by atoms with Gasteiger partial charge in [-0.05, 0) is 83.5 Å². The van der Waals surface area contributed by atoms with Crippen LogP contribution in [-0.4, -0.2) is 64.9 Å². The standard InChI is InChI=1S/C48H84NO10P/c1-3-5-7-9-11-13-15-17-18-19-20-21-22-23-24-25-26-28-30-32-34-36-38-40-47(52)57-41-44(50)42-58-60(55,56)59-43-45(48(53)54)49-46(51)39-37-35-33-31-29-27-16-14-12-10-8-6-4-2/h11,13-14,16-18,20-21,23-24,44-45,50H,3-10,12,15,19,22,25-43H2,1-2H3,(H,49,51)(H,53,54)(H,55,56)/b13-11-,16-14-,18-17-,21-20-,24-23-. The van der Waals surface area contributed by atoms with Gasteiger partial charge in [0.05, 0.1) is 13.2 Å². The average molecular weight is 866 g/mol. The smallest absolute Gasteiger partial charge is 0.472 e. The molecule has 0 rings (SSSR count). The number of aliphatic carboxylic acids is 1. The third kappa shape index (κ3) is 41.9. The van der Waals surface area contributed by atoms with Crippen LogP contribution in [-0.2, 0) is 32.7 Å². The summed E-state index contributed by atoms with van der Waals surface area (Å²) >= 11 is 0. The highest BCUT2D eigenvalue weighted by Crippen LogP contribution is 2.43. The van der Waals surface area contributed by atoms with E-state index in [1.165, 1.54) is 64.2 Å². The Labute approximate surface area is 364 Å². The minimum absolute atomic E-state index is 0.133. The molecule has 60 heavy (non-hydrogen) atoms. The Hall–Kier alpha value is -2.82. The van der Waals surface area contributed by atoms with Gasteiger partial charge in [0, 0.05) is 12.8 Å². The number of hydrogen-bond acceptors (Lipinski definition) is 8. The molecule has 0 aromatic rings. The molecule has 0 heterocycles. The molecule has 0 aromatic heterocycles. The summed E-state index contributed by atoms with van der Waals surface area (Å²) in [6.45, 7) is 2.53. The van der Waals surface area contributed by atoms with Crippen LogP contribution in [0.2, 0.25) is 0 Å². The van der Waals surface area contributed by atoms with Crippen molar-refractivity contribution in [2.75, 3.05) is 19.8 Å². The minimum Gasteiger partial charge on any atom is -0.480 e. The fourth-order valence-electron chi connectivity index (χ4n) is 6.12. The zero-order chi connectivity index (χ0) is 44.2. The van der Waals surface area contributed by atoms with E-state index >= 15 is 0 Å². The lowest BCUT2D eigenvalue weighted by atomic mass is 10.1. The van der Waals surface area contributed by atoms with E-state index < -0.39 is 57.6 Å². The number of carboxylic acid groups (broad SMARTS) is 1. The predicted molar refractivity (Wildman–Crippen MR) is 245 cm³/mol. The highest BCUT2D eigenvalue weighted by atomic mass is 31.2. The van der Waals surface area contributed by atoms with Crippen LogP contribution in [0.25, 0.3) is 0 Å². The number of aliphatic hydroxyl groups excluding tert-OH is 1. The van der Waals surface area contributed by atoms with Crippen molar-refractivity contribution in [2.45, 2.75) is 206 Å². The number of esters is 1. The third-order valence-corrected chi connectivity index (χ3v) is 10.7. The van der Waals surface area contributed by atoms with E-state index in [0.29, 0.717) is 12.8 Å². The van der Waals surface area contributed by atoms with Crippen LogP contribution in [0, 0.1) is 0 Å². The molecule has 0 spiro atoms. The van der Waals surface area contributed by atoms with Crippen molar-refractivity contribution in [3.63, 3.8) is 0 Å². The SMILES string of the molecule is CCCCC/C=C\C/C=C\C/C=C\C/C=C\CCCCCCCCCC(=O)OCC(O)COP(=O)(O)OCC(NC(=O)CCCCCCC/C=C\CCCCCC)C(=O)O. The van der Waals surface area contributed by atoms with E-state index in [9.17, 15) is 34.1 Å². The normalized spacial score (nSPS) is 14.2. The Balaban J connectivity index is 3.88. The van der Waals surface area contributed by atoms with Crippen molar-refractivity contribution in [3.8, 4) is 0 Å². The Morgan fingerprint density at radius 2 is 0.917 bits per heavy atom. The zero-order valence-electron chi connectivity index (χ0n) is 37.5. The molecule has 0 bridgehead atoms. The maximum absolute atomic E-state index is 12.3. The molecule has 346 valence electrons. The van der Waals surface area contributed by atoms with Gasteiger partial charge in [-0.2, -0.15) is 0 Å². The number of nitrogens with one attached hydrogen (secondary N) is 1. The second-order valence-electron chi connectivity index (χ2n) is 15.6. The minimum atomic E-state index is -4.76. The van der Waals surface area contributed by atoms with E-state index in [1.807, 2.05) is 0 Å². The summed E-state index contributed by atoms with van der Waals surface area (Å²) in [5, 5.41) is 21.8. The summed E-state index contributed by atoms with van der Waals surface area (Å²) < 4.78 is 26.8. The quantitative estimate of drug-likeness (QED) is 0.0200. The number of hydrogen-bond donors (Lipinski definition) is 4. The topological polar surface area (TPSA) is 169 Å². The lowest BCUT2D eigenvalue weighted by molar-refractivity contribution is -0.147. The first-order valence-corrected chi connectivity index (χ1v) is 24.8. The number of carbonyl (C=O) groups excluding carboxylic acids is 2. The molecule has 0 aliphatic heterocycles. The second-order valence-corrected chi connectivity index (χ2v) is 17.0. The number of rotatable bonds is 43. The van der Waals surface area contributed by atoms with E-state index in [4.69, 9.17) is 13.8 Å². The number of ether oxygens (including phenoxy) is 1. The van der Waals surface area contributed by atoms with Gasteiger partial charge in [-0.25, -0.2) is 9.36 Å². The molecular formula is C48H84NO10P. The fraction of sp³-hybridized carbons (Fsp3) is 0.729. The van der Waals surface area contributed by atoms with Crippen molar-refractivity contribution in [2.24, 2.45) is 0 Å². The maximum Gasteiger partial charge on any atom is 0.472 e. The van der Waals surface area contributed by atoms with Crippen LogP contribution >= 0.6 is 7.82 Å². The van der Waals surface area contributed by atoms with Gasteiger partial charge in [-0.15, -0.1) is 0 Å². The highest BCUT2D eigenvalue weighted by molar-refractivity contribution is 7.47. The molecule has 11 nitrogen and oxygen atoms in total. The largest absolute Gasteiger partial charge is 0.480 e. The summed E-state index contributed by atoms with van der Waals surface area (Å²) in [6.07, 6.45) is 49.6. The van der Waals surface area contributed by atoms with E-state index in [0.717, 1.165) is 89.9 Å². The first-order valence-electron chi connectivity index (χ1n) is 23.3. The van der Waals surface area contributed by atoms with Crippen LogP contribution in [0.1, 0.15) is 194 Å². The molecule has 12 heteroatoms. The van der Waals surface area contributed by atoms with E-state index in [-0.39, 0.29) is 12.8 Å². The Morgan fingerprint density at radius 1 is 0.533 bits per heavy atom. The summed E-state index contributed by atoms with van der Waals surface area (Å²) in [7, 11) is -4.76. The van der Waals surface area contributed by atoms with Crippen molar-refractivity contribution in [1.29, 1.82) is 0 Å². The molecule has 0 saturated carbocycles. The molecule has 0 fully saturated rings. The van der Waals surface area contributed by atoms with Gasteiger partial charge in [0.2, 0.25) is 5.91 Å². The Kier molecular flexibility index (Phi) is 40.8. The molecule has 0 aromatic carbocycles. The van der Waals surface area contributed by atoms with Gasteiger partial charge in [-0.1, -0.05) is 158 Å². The van der Waals surface area contributed by atoms with Crippen molar-refractivity contribution in [3.05, 3.63) is 60.8 Å². The van der Waals surface area contributed by atoms with Gasteiger partial charge in [0.25, 0.3) is 0 Å². The van der Waals surface area contributed by atoms with Gasteiger partial charge in [-0.3, -0.25) is 18.6 Å². The van der Waals surface area contributed by atoms with Gasteiger partial charge in [0.1, 0.15) is 12.7 Å². The third-order valence-electron chi connectivity index (χ3n) is 9.78. The van der Waals surface area contributed by atoms with Gasteiger partial charge in [0.15, 0.2) is 6.04 Å². The van der Waals surface area contributed by atoms with Crippen LogP contribution in [0.3, 0.4) is 0 Å². The number of unbranched alkanes of at least 4 members (excludes halogenated alkanes) is 19. The van der Waals surface area contributed by atoms with Gasteiger partial charge < -0.3 is 25.2 Å². The van der Waals surface area contributed by atoms with Crippen LogP contribution < -0.4 is 5.32 Å². The number of carbonyl (C=O) groups is 3. The number of phosphoric ester groups is 1. The van der Waals surface area contributed by atoms with Crippen LogP contribution in [0.5, 0.6) is 0 Å². The highest BCUT2D eigenvalue weighted by Gasteiger charge is 2.28. The van der Waals surface area contributed by atoms with Gasteiger partial charge >= 0.3 is 19.8 Å². The Bertz CT molecular complexity index is 1250. The molecule has 0 aliphatic rings. The van der Waals surface area contributed by atoms with Crippen molar-refractivity contribution in [1.82, 2.24) is 5.32 Å². The predicted octanol–water partition coefficient (Wildman–Crippen LogP) is 12.3. The lowest BCUT2D eigenvalue weighted by Crippen LogP contribution is -2.43. The number of carboxylic acids is 1. The van der Waals surface area contributed by atoms with E-state index in [1.54, 1.807) is 0 Å². The molecule has 1 amide bonds. The number of phosphoric acid groups is 1. The lowest BCUT2D eigenvalue weighted by Gasteiger charge is -2.18. The second kappa shape index (κ2) is 42.9. The zero-order valence-corrected chi connectivity index (χ0v) is 38.4. The molecule has 0 aliphatic carbocycles. The number of allylic oxidation sites excluding steroid dienone is 10. The first-order chi connectivity index (χ1) is 29.1. The molecule has 3 unspecified atom stereocenters. The van der Waals surface area contributed by atoms with Crippen molar-refractivity contribution >= 4 is 25.7 Å². The number of aliphatic hydroxyl groups is 1. The summed E-state index contributed by atoms with van der Waals surface area (Å²) in [5.74, 6) is -2.40. The molecule has 4 N–H and O–H groups in total. The van der Waals surface area contributed by atoms with Crippen molar-refractivity contribution < 1.29 is 47.8 Å². The molecule has 3 atom stereocenters. The molecule has 0 saturated heterocycles. The first kappa shape index (κ1) is 57.2. The average Bonchev–Trinajstić information content (AvgIpc) is 3.22. The molecular weight excluding hydrogens is 781 g/mol. The Morgan fingerprint density at radius 3 is 1.42 bits per heavy atom. The summed E-state index contributed by atoms with van der Waals surface area (Å²) in [5.41, 5.74) is 0. The monoisotopic (exact) mass is 866 g/mol. The fourth-order valence-corrected chi connectivity index (χ4v) is 6.89. The van der Waals surface area contributed by atoms with Crippen LogP contribution in [0.15, 0.2) is 60.8 Å². The molecule has 0 radical (unpaired) electrons. The summed E-state index contributed by atoms with van der Waals surface area (Å²) in [4.78, 5) is 45.9. The summed E-state index contributed by atoms with van der Waals surface area (Å²) in [6, 6.07) is -1.55. The number of amides is 1. The van der Waals surface area contributed by atoms with Crippen LogP contribution in [0.4, 0.5) is 0 Å². The van der Waals surface area contributed by atoms with E-state index in [2.05, 4.69) is 79.9 Å². The maximum atomic E-state index is 12.3.